The van der Waals surface area contributed by atoms with E-state index in [0.717, 1.165) is 4.48 Å². The van der Waals surface area contributed by atoms with Crippen LogP contribution in [-0.4, -0.2) is 36.0 Å². The highest BCUT2D eigenvalue weighted by Gasteiger charge is 2.24. The number of nitrogens with zero attached hydrogens (tertiary/aromatic N) is 1. The Bertz CT molecular complexity index is 155. The molecule has 112 valence electrons. The van der Waals surface area contributed by atoms with Gasteiger partial charge < -0.3 is 22.0 Å². The molecule has 0 aromatic rings. The quantitative estimate of drug-likeness (QED) is 0.320. The van der Waals surface area contributed by atoms with Crippen molar-refractivity contribution in [1.82, 2.24) is 0 Å². The summed E-state index contributed by atoms with van der Waals surface area (Å²) in [5.74, 6) is 0. The molecule has 0 rings (SSSR count). The summed E-state index contributed by atoms with van der Waals surface area (Å²) in [6.45, 7) is 10.6. The van der Waals surface area contributed by atoms with Gasteiger partial charge >= 0.3 is 0 Å². The van der Waals surface area contributed by atoms with Gasteiger partial charge in [-0.2, -0.15) is 0 Å². The Morgan fingerprint density at radius 1 is 0.667 bits per heavy atom. The van der Waals surface area contributed by atoms with Crippen molar-refractivity contribution in [2.24, 2.45) is 0 Å². The van der Waals surface area contributed by atoms with E-state index in [1.165, 1.54) is 71.0 Å². The van der Waals surface area contributed by atoms with Crippen molar-refractivity contribution < 1.29 is 22.0 Å². The van der Waals surface area contributed by atoms with Crippen LogP contribution < -0.4 is 12.4 Å². The molecule has 0 amide bonds. The van der Waals surface area contributed by atoms with Gasteiger partial charge in [-0.3, -0.25) is 0 Å². The van der Waals surface area contributed by atoms with E-state index < -0.39 is 0 Å². The van der Waals surface area contributed by atoms with Gasteiger partial charge in [0.1, 0.15) is 0 Å². The predicted octanol–water partition coefficient (Wildman–Crippen LogP) is 0.938. The smallest absolute Gasteiger partial charge is 0.180 e. The van der Waals surface area contributed by atoms with Crippen LogP contribution in [0.5, 0.6) is 0 Å². The normalized spacial score (nSPS) is 11.3. The van der Waals surface area contributed by atoms with Crippen molar-refractivity contribution in [2.75, 3.05) is 26.4 Å². The third-order valence-corrected chi connectivity index (χ3v) is 3.76. The molecule has 0 fully saturated rings. The maximum Gasteiger partial charge on any atom is 0.180 e. The molecule has 0 aromatic carbocycles. The van der Waals surface area contributed by atoms with E-state index in [9.17, 15) is 5.11 Å². The first kappa shape index (κ1) is 20.5. The lowest BCUT2D eigenvalue weighted by Crippen LogP contribution is -3.00. The maximum atomic E-state index is 9.77. The molecule has 0 heterocycles. The van der Waals surface area contributed by atoms with E-state index in [1.807, 2.05) is 0 Å². The molecule has 0 aliphatic heterocycles. The van der Waals surface area contributed by atoms with Crippen molar-refractivity contribution >= 4 is 0 Å². The minimum absolute atomic E-state index is 0. The van der Waals surface area contributed by atoms with Crippen LogP contribution in [0.15, 0.2) is 0 Å². The van der Waals surface area contributed by atoms with E-state index in [2.05, 4.69) is 20.8 Å². The van der Waals surface area contributed by atoms with Gasteiger partial charge in [0.15, 0.2) is 6.73 Å². The number of quaternary nitrogens is 1. The zero-order valence-corrected chi connectivity index (χ0v) is 13.5. The molecule has 0 aliphatic carbocycles. The second-order valence-corrected chi connectivity index (χ2v) is 5.42. The molecule has 0 aliphatic rings. The topological polar surface area (TPSA) is 20.2 Å². The minimum Gasteiger partial charge on any atom is -1.00 e. The number of rotatable bonds is 12. The number of halogens is 1. The molecule has 0 unspecified atom stereocenters. The number of aliphatic hydroxyl groups excluding tert-OH is 1. The molecule has 3 heteroatoms. The van der Waals surface area contributed by atoms with E-state index >= 15 is 0 Å². The minimum atomic E-state index is 0. The Balaban J connectivity index is 0. The zero-order chi connectivity index (χ0) is 13.0. The van der Waals surface area contributed by atoms with Crippen molar-refractivity contribution in [3.8, 4) is 0 Å². The molecular formula is C15H34ClNO. The highest BCUT2D eigenvalue weighted by atomic mass is 35.5. The lowest BCUT2D eigenvalue weighted by atomic mass is 10.1. The van der Waals surface area contributed by atoms with Gasteiger partial charge in [-0.05, 0) is 32.1 Å². The Labute approximate surface area is 121 Å². The second kappa shape index (κ2) is 13.6. The third kappa shape index (κ3) is 9.18. The van der Waals surface area contributed by atoms with Crippen molar-refractivity contribution in [3.05, 3.63) is 0 Å². The Morgan fingerprint density at radius 3 is 1.39 bits per heavy atom. The molecular weight excluding hydrogens is 246 g/mol. The largest absolute Gasteiger partial charge is 1.00 e. The summed E-state index contributed by atoms with van der Waals surface area (Å²) in [6, 6.07) is 0. The lowest BCUT2D eigenvalue weighted by molar-refractivity contribution is -0.945. The SMILES string of the molecule is CCCCC[N+](CO)(CCCC)CCCCC.[Cl-]. The number of unbranched alkanes of at least 4 members (excludes halogenated alkanes) is 5. The summed E-state index contributed by atoms with van der Waals surface area (Å²) in [7, 11) is 0. The summed E-state index contributed by atoms with van der Waals surface area (Å²) in [5, 5.41) is 9.77. The fourth-order valence-corrected chi connectivity index (χ4v) is 2.44. The van der Waals surface area contributed by atoms with E-state index in [-0.39, 0.29) is 12.4 Å². The van der Waals surface area contributed by atoms with Crippen LogP contribution in [0.1, 0.15) is 72.1 Å². The molecule has 1 N–H and O–H groups in total. The average Bonchev–Trinajstić information content (AvgIpc) is 2.36. The Morgan fingerprint density at radius 2 is 1.06 bits per heavy atom. The van der Waals surface area contributed by atoms with Gasteiger partial charge in [-0.25, -0.2) is 0 Å². The van der Waals surface area contributed by atoms with Gasteiger partial charge in [-0.1, -0.05) is 40.0 Å². The van der Waals surface area contributed by atoms with Gasteiger partial charge in [0.25, 0.3) is 0 Å². The predicted molar refractivity (Wildman–Crippen MR) is 75.9 cm³/mol. The first-order valence-electron chi connectivity index (χ1n) is 7.70. The van der Waals surface area contributed by atoms with E-state index in [1.54, 1.807) is 0 Å². The van der Waals surface area contributed by atoms with Crippen LogP contribution >= 0.6 is 0 Å². The first-order chi connectivity index (χ1) is 8.24. The average molecular weight is 280 g/mol. The fraction of sp³-hybridized carbons (Fsp3) is 1.00. The molecule has 0 aromatic heterocycles. The third-order valence-electron chi connectivity index (χ3n) is 3.76. The molecule has 0 spiro atoms. The van der Waals surface area contributed by atoms with Crippen LogP contribution in [0, 0.1) is 0 Å². The highest BCUT2D eigenvalue weighted by molar-refractivity contribution is 4.47. The highest BCUT2D eigenvalue weighted by Crippen LogP contribution is 2.14. The summed E-state index contributed by atoms with van der Waals surface area (Å²) < 4.78 is 0.952. The zero-order valence-electron chi connectivity index (χ0n) is 12.8. The molecule has 0 radical (unpaired) electrons. The lowest BCUT2D eigenvalue weighted by Gasteiger charge is -2.37. The van der Waals surface area contributed by atoms with Crippen LogP contribution in [0.4, 0.5) is 0 Å². The Kier molecular flexibility index (Phi) is 15.6. The molecule has 0 bridgehead atoms. The summed E-state index contributed by atoms with van der Waals surface area (Å²) >= 11 is 0. The number of hydrogen-bond donors (Lipinski definition) is 1. The van der Waals surface area contributed by atoms with Gasteiger partial charge in [0.2, 0.25) is 0 Å². The summed E-state index contributed by atoms with van der Waals surface area (Å²) in [5.41, 5.74) is 0. The van der Waals surface area contributed by atoms with Crippen LogP contribution in [0.2, 0.25) is 0 Å². The number of hydrogen-bond acceptors (Lipinski definition) is 1. The monoisotopic (exact) mass is 279 g/mol. The molecule has 18 heavy (non-hydrogen) atoms. The van der Waals surface area contributed by atoms with E-state index in [0.29, 0.717) is 6.73 Å². The molecule has 0 saturated carbocycles. The first-order valence-corrected chi connectivity index (χ1v) is 7.70. The van der Waals surface area contributed by atoms with Crippen molar-refractivity contribution in [1.29, 1.82) is 0 Å². The second-order valence-electron chi connectivity index (χ2n) is 5.42. The van der Waals surface area contributed by atoms with Crippen LogP contribution in [-0.2, 0) is 0 Å². The van der Waals surface area contributed by atoms with Crippen molar-refractivity contribution in [3.63, 3.8) is 0 Å². The fourth-order valence-electron chi connectivity index (χ4n) is 2.44. The Hall–Kier alpha value is 0.210. The summed E-state index contributed by atoms with van der Waals surface area (Å²) in [4.78, 5) is 0. The molecule has 0 atom stereocenters. The van der Waals surface area contributed by atoms with Gasteiger partial charge in [-0.15, -0.1) is 0 Å². The summed E-state index contributed by atoms with van der Waals surface area (Å²) in [6.07, 6.45) is 10.2. The van der Waals surface area contributed by atoms with Gasteiger partial charge in [0, 0.05) is 0 Å². The molecule has 0 saturated heterocycles. The maximum absolute atomic E-state index is 9.77. The number of aliphatic hydroxyl groups is 1. The van der Waals surface area contributed by atoms with Crippen LogP contribution in [0.25, 0.3) is 0 Å². The van der Waals surface area contributed by atoms with Crippen molar-refractivity contribution in [2.45, 2.75) is 72.1 Å². The van der Waals surface area contributed by atoms with Crippen LogP contribution in [0.3, 0.4) is 0 Å². The van der Waals surface area contributed by atoms with Gasteiger partial charge in [0.05, 0.1) is 19.6 Å². The van der Waals surface area contributed by atoms with E-state index in [4.69, 9.17) is 0 Å². The standard InChI is InChI=1S/C15H34NO.ClH/c1-4-7-10-13-16(15-17,12-9-6-3)14-11-8-5-2;/h17H,4-15H2,1-3H3;1H/q+1;/p-1. The molecule has 2 nitrogen and oxygen atoms in total.